The van der Waals surface area contributed by atoms with Crippen molar-refractivity contribution in [2.75, 3.05) is 23.8 Å². The summed E-state index contributed by atoms with van der Waals surface area (Å²) in [4.78, 5) is 6.70. The lowest BCUT2D eigenvalue weighted by Gasteiger charge is -2.36. The molecule has 0 radical (unpaired) electrons. The van der Waals surface area contributed by atoms with E-state index in [0.717, 1.165) is 24.8 Å². The normalized spacial score (nSPS) is 15.6. The molecule has 88 valence electrons. The van der Waals surface area contributed by atoms with Gasteiger partial charge in [0.05, 0.1) is 0 Å². The molecule has 1 fully saturated rings. The van der Waals surface area contributed by atoms with Gasteiger partial charge in [-0.15, -0.1) is 0 Å². The number of rotatable bonds is 5. The summed E-state index contributed by atoms with van der Waals surface area (Å²) in [5.74, 6) is 0.991. The van der Waals surface area contributed by atoms with Gasteiger partial charge in [-0.05, 0) is 31.7 Å². The average molecular weight is 219 g/mol. The van der Waals surface area contributed by atoms with Crippen LogP contribution in [-0.4, -0.2) is 24.6 Å². The van der Waals surface area contributed by atoms with Crippen LogP contribution in [0.4, 0.5) is 11.5 Å². The van der Waals surface area contributed by atoms with Gasteiger partial charge in [0.15, 0.2) is 0 Å². The number of aromatic nitrogens is 1. The van der Waals surface area contributed by atoms with E-state index in [1.807, 2.05) is 6.20 Å². The molecule has 0 unspecified atom stereocenters. The summed E-state index contributed by atoms with van der Waals surface area (Å²) in [5, 5.41) is 3.33. The van der Waals surface area contributed by atoms with E-state index in [1.54, 1.807) is 0 Å². The van der Waals surface area contributed by atoms with Crippen LogP contribution in [-0.2, 0) is 0 Å². The standard InChI is InChI=1S/C13H21N3/c1-3-8-14-13-10-12(7-9-15-13)16(2)11-5-4-6-11/h7,9-11H,3-6,8H2,1-2H3,(H,14,15). The highest BCUT2D eigenvalue weighted by atomic mass is 15.1. The van der Waals surface area contributed by atoms with Crippen LogP contribution in [0.25, 0.3) is 0 Å². The summed E-state index contributed by atoms with van der Waals surface area (Å²) in [6.07, 6.45) is 7.06. The van der Waals surface area contributed by atoms with Gasteiger partial charge in [0.2, 0.25) is 0 Å². The van der Waals surface area contributed by atoms with Gasteiger partial charge in [-0.1, -0.05) is 6.92 Å². The second-order valence-electron chi connectivity index (χ2n) is 4.52. The Balaban J connectivity index is 2.02. The van der Waals surface area contributed by atoms with Gasteiger partial charge in [0.1, 0.15) is 5.82 Å². The number of nitrogens with one attached hydrogen (secondary N) is 1. The van der Waals surface area contributed by atoms with Gasteiger partial charge in [0, 0.05) is 37.6 Å². The largest absolute Gasteiger partial charge is 0.371 e. The van der Waals surface area contributed by atoms with Crippen molar-refractivity contribution in [3.05, 3.63) is 18.3 Å². The molecule has 0 amide bonds. The van der Waals surface area contributed by atoms with E-state index in [2.05, 4.69) is 41.3 Å². The topological polar surface area (TPSA) is 28.2 Å². The summed E-state index contributed by atoms with van der Waals surface area (Å²) in [7, 11) is 2.18. The van der Waals surface area contributed by atoms with E-state index in [-0.39, 0.29) is 0 Å². The minimum absolute atomic E-state index is 0.737. The van der Waals surface area contributed by atoms with Gasteiger partial charge < -0.3 is 10.2 Å². The van der Waals surface area contributed by atoms with Crippen LogP contribution in [0, 0.1) is 0 Å². The predicted octanol–water partition coefficient (Wildman–Crippen LogP) is 2.89. The van der Waals surface area contributed by atoms with Crippen molar-refractivity contribution < 1.29 is 0 Å². The van der Waals surface area contributed by atoms with Crippen molar-refractivity contribution in [1.29, 1.82) is 0 Å². The van der Waals surface area contributed by atoms with Crippen molar-refractivity contribution in [2.45, 2.75) is 38.6 Å². The molecule has 16 heavy (non-hydrogen) atoms. The quantitative estimate of drug-likeness (QED) is 0.825. The fourth-order valence-corrected chi connectivity index (χ4v) is 1.97. The van der Waals surface area contributed by atoms with Crippen LogP contribution in [0.1, 0.15) is 32.6 Å². The molecule has 0 bridgehead atoms. The van der Waals surface area contributed by atoms with Gasteiger partial charge in [-0.25, -0.2) is 4.98 Å². The number of pyridine rings is 1. The zero-order valence-corrected chi connectivity index (χ0v) is 10.2. The summed E-state index contributed by atoms with van der Waals surface area (Å²) in [6.45, 7) is 3.15. The molecule has 0 saturated heterocycles. The summed E-state index contributed by atoms with van der Waals surface area (Å²) in [6, 6.07) is 4.98. The lowest BCUT2D eigenvalue weighted by molar-refractivity contribution is 0.401. The Hall–Kier alpha value is -1.25. The maximum Gasteiger partial charge on any atom is 0.127 e. The van der Waals surface area contributed by atoms with E-state index < -0.39 is 0 Å². The van der Waals surface area contributed by atoms with Crippen molar-refractivity contribution in [3.63, 3.8) is 0 Å². The second-order valence-corrected chi connectivity index (χ2v) is 4.52. The fourth-order valence-electron chi connectivity index (χ4n) is 1.97. The van der Waals surface area contributed by atoms with Crippen LogP contribution >= 0.6 is 0 Å². The Bertz CT molecular complexity index is 334. The summed E-state index contributed by atoms with van der Waals surface area (Å²) < 4.78 is 0. The third kappa shape index (κ3) is 2.46. The number of hydrogen-bond donors (Lipinski definition) is 1. The fraction of sp³-hybridized carbons (Fsp3) is 0.615. The van der Waals surface area contributed by atoms with Crippen LogP contribution in [0.5, 0.6) is 0 Å². The first-order valence-corrected chi connectivity index (χ1v) is 6.24. The minimum atomic E-state index is 0.737. The zero-order chi connectivity index (χ0) is 11.4. The third-order valence-corrected chi connectivity index (χ3v) is 3.33. The van der Waals surface area contributed by atoms with Crippen LogP contribution in [0.15, 0.2) is 18.3 Å². The zero-order valence-electron chi connectivity index (χ0n) is 10.2. The van der Waals surface area contributed by atoms with Crippen molar-refractivity contribution in [2.24, 2.45) is 0 Å². The van der Waals surface area contributed by atoms with Gasteiger partial charge in [-0.3, -0.25) is 0 Å². The first kappa shape index (κ1) is 11.2. The Labute approximate surface area is 97.9 Å². The van der Waals surface area contributed by atoms with Gasteiger partial charge in [0.25, 0.3) is 0 Å². The predicted molar refractivity (Wildman–Crippen MR) is 69.1 cm³/mol. The molecule has 0 spiro atoms. The Morgan fingerprint density at radius 2 is 2.31 bits per heavy atom. The molecule has 3 nitrogen and oxygen atoms in total. The van der Waals surface area contributed by atoms with Crippen LogP contribution in [0.3, 0.4) is 0 Å². The molecular weight excluding hydrogens is 198 g/mol. The smallest absolute Gasteiger partial charge is 0.127 e. The Kier molecular flexibility index (Phi) is 3.65. The molecular formula is C13H21N3. The van der Waals surface area contributed by atoms with E-state index in [4.69, 9.17) is 0 Å². The molecule has 0 atom stereocenters. The van der Waals surface area contributed by atoms with E-state index in [1.165, 1.54) is 24.9 Å². The summed E-state index contributed by atoms with van der Waals surface area (Å²) >= 11 is 0. The van der Waals surface area contributed by atoms with Crippen molar-refractivity contribution >= 4 is 11.5 Å². The maximum absolute atomic E-state index is 4.32. The maximum atomic E-state index is 4.32. The Morgan fingerprint density at radius 1 is 1.50 bits per heavy atom. The SMILES string of the molecule is CCCNc1cc(N(C)C2CCC2)ccn1. The molecule has 0 aliphatic heterocycles. The second kappa shape index (κ2) is 5.19. The highest BCUT2D eigenvalue weighted by molar-refractivity contribution is 5.54. The number of nitrogens with zero attached hydrogens (tertiary/aromatic N) is 2. The third-order valence-electron chi connectivity index (χ3n) is 3.33. The minimum Gasteiger partial charge on any atom is -0.371 e. The highest BCUT2D eigenvalue weighted by Gasteiger charge is 2.22. The molecule has 1 aliphatic rings. The highest BCUT2D eigenvalue weighted by Crippen LogP contribution is 2.28. The van der Waals surface area contributed by atoms with Crippen molar-refractivity contribution in [1.82, 2.24) is 4.98 Å². The van der Waals surface area contributed by atoms with Gasteiger partial charge in [-0.2, -0.15) is 0 Å². The van der Waals surface area contributed by atoms with Gasteiger partial charge >= 0.3 is 0 Å². The van der Waals surface area contributed by atoms with Crippen LogP contribution < -0.4 is 10.2 Å². The number of hydrogen-bond acceptors (Lipinski definition) is 3. The molecule has 1 N–H and O–H groups in total. The number of anilines is 2. The molecule has 1 saturated carbocycles. The molecule has 1 aromatic heterocycles. The molecule has 0 aromatic carbocycles. The molecule has 1 heterocycles. The van der Waals surface area contributed by atoms with E-state index >= 15 is 0 Å². The molecule has 2 rings (SSSR count). The lowest BCUT2D eigenvalue weighted by Crippen LogP contribution is -2.37. The lowest BCUT2D eigenvalue weighted by atomic mass is 9.91. The van der Waals surface area contributed by atoms with Crippen LogP contribution in [0.2, 0.25) is 0 Å². The molecule has 1 aliphatic carbocycles. The first-order chi connectivity index (χ1) is 7.81. The average Bonchev–Trinajstić information content (AvgIpc) is 2.24. The van der Waals surface area contributed by atoms with Crippen molar-refractivity contribution in [3.8, 4) is 0 Å². The Morgan fingerprint density at radius 3 is 2.94 bits per heavy atom. The molecule has 3 heteroatoms. The summed E-state index contributed by atoms with van der Waals surface area (Å²) in [5.41, 5.74) is 1.28. The molecule has 1 aromatic rings. The van der Waals surface area contributed by atoms with E-state index in [9.17, 15) is 0 Å². The first-order valence-electron chi connectivity index (χ1n) is 6.24. The van der Waals surface area contributed by atoms with E-state index in [0.29, 0.717) is 0 Å². The monoisotopic (exact) mass is 219 g/mol.